The second-order valence-electron chi connectivity index (χ2n) is 19.3. The van der Waals surface area contributed by atoms with Crippen molar-refractivity contribution in [2.45, 2.75) is 109 Å². The average Bonchev–Trinajstić information content (AvgIpc) is 3.46. The van der Waals surface area contributed by atoms with Crippen LogP contribution in [-0.2, 0) is 28.8 Å². The predicted octanol–water partition coefficient (Wildman–Crippen LogP) is 9.65. The number of fused-ring (bicyclic) bond motifs is 5. The summed E-state index contributed by atoms with van der Waals surface area (Å²) >= 11 is 0. The second kappa shape index (κ2) is 13.1. The van der Waals surface area contributed by atoms with Gasteiger partial charge in [-0.15, -0.1) is 0 Å². The highest BCUT2D eigenvalue weighted by Gasteiger charge is 2.92. The predicted molar refractivity (Wildman–Crippen MR) is 224 cm³/mol. The molecule has 3 aromatic carbocycles. The summed E-state index contributed by atoms with van der Waals surface area (Å²) in [5.74, 6) is -1.54. The molecule has 292 valence electrons. The molecule has 55 heavy (non-hydrogen) atoms. The second-order valence-corrected chi connectivity index (χ2v) is 28.1. The fourth-order valence-electron chi connectivity index (χ4n) is 11.6. The summed E-state index contributed by atoms with van der Waals surface area (Å²) in [4.78, 5) is 29.5. The van der Waals surface area contributed by atoms with E-state index in [9.17, 15) is 14.7 Å². The summed E-state index contributed by atoms with van der Waals surface area (Å²) in [6, 6.07) is 30.8. The Bertz CT molecular complexity index is 1930. The van der Waals surface area contributed by atoms with Crippen LogP contribution in [-0.4, -0.2) is 56.7 Å². The number of hydrogen-bond acceptors (Lipinski definition) is 6. The zero-order valence-corrected chi connectivity index (χ0v) is 36.7. The summed E-state index contributed by atoms with van der Waals surface area (Å²) in [7, 11) is -4.65. The molecule has 0 aliphatic heterocycles. The van der Waals surface area contributed by atoms with Crippen molar-refractivity contribution in [1.29, 1.82) is 0 Å². The fourth-order valence-corrected chi connectivity index (χ4v) is 14.5. The Morgan fingerprint density at radius 2 is 1.25 bits per heavy atom. The van der Waals surface area contributed by atoms with Crippen LogP contribution < -0.4 is 0 Å². The van der Waals surface area contributed by atoms with Crippen LogP contribution in [0.5, 0.6) is 0 Å². The minimum atomic E-state index is -2.44. The summed E-state index contributed by atoms with van der Waals surface area (Å²) < 4.78 is 21.9. The normalized spacial score (nSPS) is 32.7. The number of Topliss-reactive ketones (excluding diaryl/α,β-unsaturated/α-hetero) is 2. The molecule has 2 saturated carbocycles. The van der Waals surface area contributed by atoms with Gasteiger partial charge in [-0.3, -0.25) is 9.59 Å². The molecule has 0 heterocycles. The zero-order chi connectivity index (χ0) is 40.0. The number of carbonyl (C=O) groups excluding carboxylic acids is 2. The molecule has 0 aromatic heterocycles. The molecule has 0 spiro atoms. The maximum atomic E-state index is 14.9. The molecule has 8 heteroatoms. The number of ketones is 2. The molecule has 1 N–H and O–H groups in total. The molecule has 2 fully saturated rings. The van der Waals surface area contributed by atoms with E-state index in [1.807, 2.05) is 67.6 Å². The Kier molecular flexibility index (Phi) is 9.55. The molecule has 0 amide bonds. The Morgan fingerprint density at radius 1 is 0.782 bits per heavy atom. The van der Waals surface area contributed by atoms with Crippen molar-refractivity contribution >= 4 is 28.2 Å². The Hall–Kier alpha value is -3.25. The molecule has 0 bridgehead atoms. The first-order valence-corrected chi connectivity index (χ1v) is 26.9. The fraction of sp³-hybridized carbons (Fsp3) is 0.489. The quantitative estimate of drug-likeness (QED) is 0.119. The van der Waals surface area contributed by atoms with Gasteiger partial charge in [-0.2, -0.15) is 0 Å². The lowest BCUT2D eigenvalue weighted by atomic mass is 9.57. The molecule has 3 unspecified atom stereocenters. The Balaban J connectivity index is 1.49. The minimum Gasteiger partial charge on any atom is -0.410 e. The molecule has 4 aliphatic carbocycles. The van der Waals surface area contributed by atoms with Gasteiger partial charge in [-0.25, -0.2) is 0 Å². The first kappa shape index (κ1) is 40.0. The molecule has 0 radical (unpaired) electrons. The highest BCUT2D eigenvalue weighted by molar-refractivity contribution is 6.70. The Labute approximate surface area is 330 Å². The topological polar surface area (TPSA) is 82.1 Å². The van der Waals surface area contributed by atoms with E-state index in [0.717, 1.165) is 22.3 Å². The van der Waals surface area contributed by atoms with Crippen LogP contribution in [0.15, 0.2) is 114 Å². The summed E-state index contributed by atoms with van der Waals surface area (Å²) in [5.41, 5.74) is -2.04. The molecule has 7 rings (SSSR count). The monoisotopic (exact) mass is 776 g/mol. The van der Waals surface area contributed by atoms with E-state index in [4.69, 9.17) is 13.6 Å². The molecule has 6 nitrogen and oxygen atoms in total. The third-order valence-corrected chi connectivity index (χ3v) is 15.3. The number of ether oxygens (including phenoxy) is 1. The van der Waals surface area contributed by atoms with Crippen LogP contribution in [0.2, 0.25) is 39.3 Å². The van der Waals surface area contributed by atoms with Crippen molar-refractivity contribution < 1.29 is 28.3 Å². The van der Waals surface area contributed by atoms with Gasteiger partial charge >= 0.3 is 0 Å². The lowest BCUT2D eigenvalue weighted by molar-refractivity contribution is -0.150. The minimum absolute atomic E-state index is 0.00591. The summed E-state index contributed by atoms with van der Waals surface area (Å²) in [5, 5.41) is 13.8. The van der Waals surface area contributed by atoms with Gasteiger partial charge in [-0.05, 0) is 86.4 Å². The molecule has 3 aromatic rings. The van der Waals surface area contributed by atoms with Crippen molar-refractivity contribution in [2.24, 2.45) is 28.6 Å². The molecule has 0 saturated heterocycles. The van der Waals surface area contributed by atoms with Gasteiger partial charge in [0.05, 0.1) is 23.2 Å². The average molecular weight is 777 g/mol. The van der Waals surface area contributed by atoms with Crippen molar-refractivity contribution in [2.75, 3.05) is 6.61 Å². The number of carbonyl (C=O) groups is 2. The van der Waals surface area contributed by atoms with E-state index in [1.165, 1.54) is 0 Å². The summed E-state index contributed by atoms with van der Waals surface area (Å²) in [6.07, 6.45) is 4.83. The zero-order valence-electron chi connectivity index (χ0n) is 34.7. The number of benzene rings is 3. The van der Waals surface area contributed by atoms with Crippen LogP contribution in [0, 0.1) is 28.6 Å². The van der Waals surface area contributed by atoms with Gasteiger partial charge in [0.15, 0.2) is 22.4 Å². The van der Waals surface area contributed by atoms with Crippen LogP contribution in [0.4, 0.5) is 0 Å². The maximum absolute atomic E-state index is 14.9. The van der Waals surface area contributed by atoms with Crippen LogP contribution in [0.25, 0.3) is 0 Å². The van der Waals surface area contributed by atoms with E-state index in [-0.39, 0.29) is 30.5 Å². The Morgan fingerprint density at radius 3 is 1.69 bits per heavy atom. The molecule has 4 aliphatic rings. The maximum Gasteiger partial charge on any atom is 0.185 e. The molecule has 7 atom stereocenters. The van der Waals surface area contributed by atoms with Crippen molar-refractivity contribution in [3.63, 3.8) is 0 Å². The van der Waals surface area contributed by atoms with E-state index in [1.54, 1.807) is 6.92 Å². The lowest BCUT2D eigenvalue weighted by Gasteiger charge is -2.53. The lowest BCUT2D eigenvalue weighted by Crippen LogP contribution is -2.62. The number of aliphatic hydroxyl groups is 1. The molecular weight excluding hydrogens is 717 g/mol. The van der Waals surface area contributed by atoms with E-state index >= 15 is 0 Å². The SMILES string of the molecule is CC(=O)C12[C@@H]3C=C(COC(c4ccccc4)(c4ccccc4)c4ccccc4)C[C@]4(O[Si](C)(C)C)C(=O)C(C)C=C4[C@@]3(O)[C@H](C)CC1(O[Si](C)(C)C)C2(C)C. The highest BCUT2D eigenvalue weighted by atomic mass is 28.4. The first-order valence-electron chi connectivity index (χ1n) is 20.0. The number of hydrogen-bond donors (Lipinski definition) is 1. The van der Waals surface area contributed by atoms with Gasteiger partial charge < -0.3 is 18.7 Å². The summed E-state index contributed by atoms with van der Waals surface area (Å²) in [6.45, 7) is 22.9. The standard InChI is InChI=1S/C47H60O6Si2/c1-32-27-39-43(41(32)49,52-54(6,7)8)30-35(28-40-45(39,50)33(2)29-44(53-55(9,10)11)42(4,5)47(40,44)34(3)48)31-51-46(36-21-15-12-16-22-36,37-23-17-13-18-24-37)38-25-19-14-20-26-38/h12-28,32-33,40,50H,29-31H2,1-11H3/t32?,33-,40-,43-,44?,45+,47?/m1/s1. The van der Waals surface area contributed by atoms with Crippen molar-refractivity contribution in [3.05, 3.63) is 131 Å². The van der Waals surface area contributed by atoms with Crippen molar-refractivity contribution in [1.82, 2.24) is 0 Å². The number of rotatable bonds is 11. The largest absolute Gasteiger partial charge is 0.410 e. The van der Waals surface area contributed by atoms with Gasteiger partial charge in [0.25, 0.3) is 0 Å². The molecular formula is C47H60O6Si2. The smallest absolute Gasteiger partial charge is 0.185 e. The van der Waals surface area contributed by atoms with E-state index < -0.39 is 61.7 Å². The van der Waals surface area contributed by atoms with Gasteiger partial charge in [0, 0.05) is 23.7 Å². The highest BCUT2D eigenvalue weighted by Crippen LogP contribution is 2.85. The van der Waals surface area contributed by atoms with Crippen molar-refractivity contribution in [3.8, 4) is 0 Å². The van der Waals surface area contributed by atoms with Gasteiger partial charge in [-0.1, -0.05) is 131 Å². The van der Waals surface area contributed by atoms with Gasteiger partial charge in [0.2, 0.25) is 0 Å². The number of allylic oxidation sites excluding steroid dienone is 1. The van der Waals surface area contributed by atoms with E-state index in [2.05, 4.69) is 103 Å². The van der Waals surface area contributed by atoms with Crippen LogP contribution in [0.1, 0.15) is 64.2 Å². The van der Waals surface area contributed by atoms with Gasteiger partial charge in [0.1, 0.15) is 17.0 Å². The van der Waals surface area contributed by atoms with Crippen LogP contribution >= 0.6 is 0 Å². The third-order valence-electron chi connectivity index (χ3n) is 13.4. The third kappa shape index (κ3) is 5.68. The first-order chi connectivity index (χ1) is 25.6. The van der Waals surface area contributed by atoms with Crippen LogP contribution in [0.3, 0.4) is 0 Å². The van der Waals surface area contributed by atoms with E-state index in [0.29, 0.717) is 12.0 Å².